The molecule has 1 amide bonds. The summed E-state index contributed by atoms with van der Waals surface area (Å²) in [5.74, 6) is 0.732. The molecule has 198 valence electrons. The van der Waals surface area contributed by atoms with Crippen molar-refractivity contribution in [2.24, 2.45) is 0 Å². The molecule has 5 heteroatoms. The minimum Gasteiger partial charge on any atom is -0.508 e. The van der Waals surface area contributed by atoms with Crippen LogP contribution in [0.3, 0.4) is 0 Å². The van der Waals surface area contributed by atoms with Gasteiger partial charge in [0.1, 0.15) is 5.75 Å². The van der Waals surface area contributed by atoms with Crippen LogP contribution in [0.1, 0.15) is 45.0 Å². The molecule has 0 radical (unpaired) electrons. The molecule has 2 aliphatic rings. The van der Waals surface area contributed by atoms with E-state index >= 15 is 0 Å². The van der Waals surface area contributed by atoms with Crippen LogP contribution in [-0.4, -0.2) is 53.5 Å². The highest BCUT2D eigenvalue weighted by Crippen LogP contribution is 2.31. The summed E-state index contributed by atoms with van der Waals surface area (Å²) < 4.78 is 0. The van der Waals surface area contributed by atoms with Gasteiger partial charge in [0, 0.05) is 56.4 Å². The number of phenols is 1. The van der Waals surface area contributed by atoms with Gasteiger partial charge in [-0.3, -0.25) is 9.69 Å². The van der Waals surface area contributed by atoms with Crippen LogP contribution in [0, 0.1) is 0 Å². The molecule has 0 bridgehead atoms. The van der Waals surface area contributed by atoms with E-state index in [9.17, 15) is 9.90 Å². The Morgan fingerprint density at radius 3 is 2.03 bits per heavy atom. The lowest BCUT2D eigenvalue weighted by Gasteiger charge is -2.37. The fraction of sp³-hybridized carbons (Fsp3) is 0.265. The van der Waals surface area contributed by atoms with Crippen LogP contribution in [0.4, 0.5) is 5.69 Å². The standard InChI is InChI=1S/C34H35N3O2/c38-31-15-11-26(12-16-31)24-37-25-29-13-14-30(23-33(29)34(37)39)36-21-19-35(20-22-36)18-17-32(27-7-3-1-4-8-27)28-9-5-2-6-10-28/h1-16,23,32,38H,17-22,24-25H2. The first-order valence-electron chi connectivity index (χ1n) is 13.9. The summed E-state index contributed by atoms with van der Waals surface area (Å²) in [5, 5.41) is 9.54. The van der Waals surface area contributed by atoms with Crippen molar-refractivity contribution in [2.45, 2.75) is 25.4 Å². The van der Waals surface area contributed by atoms with Gasteiger partial charge in [-0.15, -0.1) is 0 Å². The Morgan fingerprint density at radius 1 is 0.744 bits per heavy atom. The Kier molecular flexibility index (Phi) is 7.33. The van der Waals surface area contributed by atoms with E-state index in [1.807, 2.05) is 17.0 Å². The molecule has 4 aromatic rings. The molecule has 0 aromatic heterocycles. The highest BCUT2D eigenvalue weighted by Gasteiger charge is 2.29. The molecule has 2 heterocycles. The third-order valence-electron chi connectivity index (χ3n) is 8.16. The number of fused-ring (bicyclic) bond motifs is 1. The number of phenolic OH excluding ortho intramolecular Hbond substituents is 1. The summed E-state index contributed by atoms with van der Waals surface area (Å²) in [7, 11) is 0. The number of amides is 1. The zero-order valence-corrected chi connectivity index (χ0v) is 22.2. The topological polar surface area (TPSA) is 47.0 Å². The summed E-state index contributed by atoms with van der Waals surface area (Å²) in [6.07, 6.45) is 1.10. The SMILES string of the molecule is O=C1c2cc(N3CCN(CCC(c4ccccc4)c4ccccc4)CC3)ccc2CN1Cc1ccc(O)cc1. The van der Waals surface area contributed by atoms with Gasteiger partial charge in [-0.25, -0.2) is 0 Å². The Labute approximate surface area is 230 Å². The molecule has 1 fully saturated rings. The van der Waals surface area contributed by atoms with Crippen LogP contribution >= 0.6 is 0 Å². The molecule has 0 spiro atoms. The third-order valence-corrected chi connectivity index (χ3v) is 8.16. The molecule has 0 aliphatic carbocycles. The number of anilines is 1. The second-order valence-electron chi connectivity index (χ2n) is 10.7. The molecule has 6 rings (SSSR count). The molecule has 2 aliphatic heterocycles. The normalized spacial score (nSPS) is 15.7. The lowest BCUT2D eigenvalue weighted by atomic mass is 9.88. The number of rotatable bonds is 8. The van der Waals surface area contributed by atoms with Gasteiger partial charge in [-0.1, -0.05) is 78.9 Å². The maximum Gasteiger partial charge on any atom is 0.254 e. The highest BCUT2D eigenvalue weighted by molar-refractivity contribution is 5.99. The number of benzene rings is 4. The van der Waals surface area contributed by atoms with Gasteiger partial charge in [0.15, 0.2) is 0 Å². The van der Waals surface area contributed by atoms with Crippen molar-refractivity contribution in [1.29, 1.82) is 0 Å². The van der Waals surface area contributed by atoms with Crippen molar-refractivity contribution >= 4 is 11.6 Å². The van der Waals surface area contributed by atoms with Gasteiger partial charge >= 0.3 is 0 Å². The first kappa shape index (κ1) is 25.2. The van der Waals surface area contributed by atoms with Crippen molar-refractivity contribution in [2.75, 3.05) is 37.6 Å². The van der Waals surface area contributed by atoms with E-state index in [0.29, 0.717) is 19.0 Å². The van der Waals surface area contributed by atoms with E-state index < -0.39 is 0 Å². The maximum atomic E-state index is 13.2. The van der Waals surface area contributed by atoms with Crippen LogP contribution in [-0.2, 0) is 13.1 Å². The van der Waals surface area contributed by atoms with Crippen LogP contribution in [0.5, 0.6) is 5.75 Å². The van der Waals surface area contributed by atoms with E-state index in [-0.39, 0.29) is 11.7 Å². The fourth-order valence-corrected chi connectivity index (χ4v) is 5.93. The molecule has 0 atom stereocenters. The third kappa shape index (κ3) is 5.69. The van der Waals surface area contributed by atoms with Gasteiger partial charge in [0.25, 0.3) is 5.91 Å². The molecule has 5 nitrogen and oxygen atoms in total. The second kappa shape index (κ2) is 11.3. The monoisotopic (exact) mass is 517 g/mol. The molecule has 0 saturated carbocycles. The predicted octanol–water partition coefficient (Wildman–Crippen LogP) is 5.89. The number of nitrogens with zero attached hydrogens (tertiary/aromatic N) is 3. The summed E-state index contributed by atoms with van der Waals surface area (Å²) in [6, 6.07) is 35.2. The zero-order chi connectivity index (χ0) is 26.6. The lowest BCUT2D eigenvalue weighted by Crippen LogP contribution is -2.46. The molecule has 1 saturated heterocycles. The van der Waals surface area contributed by atoms with Gasteiger partial charge in [-0.2, -0.15) is 0 Å². The molecule has 1 N–H and O–H groups in total. The predicted molar refractivity (Wildman–Crippen MR) is 156 cm³/mol. The van der Waals surface area contributed by atoms with Gasteiger partial charge in [0.05, 0.1) is 0 Å². The Bertz CT molecular complexity index is 1360. The van der Waals surface area contributed by atoms with Gasteiger partial charge in [-0.05, 0) is 59.5 Å². The van der Waals surface area contributed by atoms with Crippen LogP contribution in [0.15, 0.2) is 103 Å². The van der Waals surface area contributed by atoms with E-state index in [1.165, 1.54) is 11.1 Å². The first-order valence-corrected chi connectivity index (χ1v) is 13.9. The molecular weight excluding hydrogens is 482 g/mol. The number of aromatic hydroxyl groups is 1. The zero-order valence-electron chi connectivity index (χ0n) is 22.2. The average molecular weight is 518 g/mol. The van der Waals surface area contributed by atoms with Crippen molar-refractivity contribution in [3.05, 3.63) is 131 Å². The maximum absolute atomic E-state index is 13.2. The van der Waals surface area contributed by atoms with Crippen molar-refractivity contribution < 1.29 is 9.90 Å². The molecule has 4 aromatic carbocycles. The molecular formula is C34H35N3O2. The summed E-state index contributed by atoms with van der Waals surface area (Å²) >= 11 is 0. The fourth-order valence-electron chi connectivity index (χ4n) is 5.93. The Morgan fingerprint density at radius 2 is 1.38 bits per heavy atom. The number of piperazine rings is 1. The highest BCUT2D eigenvalue weighted by atomic mass is 16.3. The average Bonchev–Trinajstić information content (AvgIpc) is 3.30. The van der Waals surface area contributed by atoms with E-state index in [2.05, 4.69) is 88.7 Å². The summed E-state index contributed by atoms with van der Waals surface area (Å²) in [6.45, 7) is 6.22. The number of carbonyl (C=O) groups is 1. The minimum atomic E-state index is 0.0893. The molecule has 0 unspecified atom stereocenters. The molecule has 39 heavy (non-hydrogen) atoms. The quantitative estimate of drug-likeness (QED) is 0.317. The first-order chi connectivity index (χ1) is 19.1. The minimum absolute atomic E-state index is 0.0893. The van der Waals surface area contributed by atoms with Gasteiger partial charge < -0.3 is 14.9 Å². The summed E-state index contributed by atoms with van der Waals surface area (Å²) in [5.41, 5.74) is 6.83. The van der Waals surface area contributed by atoms with E-state index in [1.54, 1.807) is 12.1 Å². The second-order valence-corrected chi connectivity index (χ2v) is 10.7. The van der Waals surface area contributed by atoms with Crippen molar-refractivity contribution in [3.63, 3.8) is 0 Å². The largest absolute Gasteiger partial charge is 0.508 e. The Hall–Kier alpha value is -4.09. The van der Waals surface area contributed by atoms with Gasteiger partial charge in [0.2, 0.25) is 0 Å². The Balaban J connectivity index is 1.06. The lowest BCUT2D eigenvalue weighted by molar-refractivity contribution is 0.0766. The number of hydrogen-bond donors (Lipinski definition) is 1. The number of hydrogen-bond acceptors (Lipinski definition) is 4. The van der Waals surface area contributed by atoms with Crippen LogP contribution in [0.2, 0.25) is 0 Å². The van der Waals surface area contributed by atoms with Crippen molar-refractivity contribution in [3.8, 4) is 5.75 Å². The number of carbonyl (C=O) groups excluding carboxylic acids is 1. The van der Waals surface area contributed by atoms with Crippen LogP contribution in [0.25, 0.3) is 0 Å². The van der Waals surface area contributed by atoms with Crippen LogP contribution < -0.4 is 4.90 Å². The van der Waals surface area contributed by atoms with E-state index in [0.717, 1.165) is 61.5 Å². The van der Waals surface area contributed by atoms with Crippen molar-refractivity contribution in [1.82, 2.24) is 9.80 Å². The van der Waals surface area contributed by atoms with E-state index in [4.69, 9.17) is 0 Å². The smallest absolute Gasteiger partial charge is 0.254 e. The summed E-state index contributed by atoms with van der Waals surface area (Å²) in [4.78, 5) is 20.1.